The number of carbonyl (C=O) groups excluding carboxylic acids is 1. The Morgan fingerprint density at radius 2 is 2.03 bits per heavy atom. The van der Waals surface area contributed by atoms with Crippen LogP contribution in [0.1, 0.15) is 27.2 Å². The largest absolute Gasteiger partial charge is 0.493 e. The fraction of sp³-hybridized carbons (Fsp3) is 0.286. The smallest absolute Gasteiger partial charge is 0.277 e. The van der Waals surface area contributed by atoms with Gasteiger partial charge in [0.15, 0.2) is 11.5 Å². The van der Waals surface area contributed by atoms with E-state index in [1.807, 2.05) is 30.3 Å². The lowest BCUT2D eigenvalue weighted by molar-refractivity contribution is 0.0944. The van der Waals surface area contributed by atoms with Crippen LogP contribution in [-0.2, 0) is 13.2 Å². The van der Waals surface area contributed by atoms with Crippen molar-refractivity contribution < 1.29 is 18.9 Å². The standard InChI is InChI=1S/C21H24BrN5O4/c1-13-5-3-4-6-15(13)12-30-19-16(22)9-14(10-17(19)29-2)11-24-7-8-25-21(28)18-20(23)27-31-26-18/h3-6,9-10,24H,7-8,11-12H2,1-2H3,(H2,23,27)(H,25,28). The molecule has 4 N–H and O–H groups in total. The summed E-state index contributed by atoms with van der Waals surface area (Å²) in [5.74, 6) is 0.829. The monoisotopic (exact) mass is 489 g/mol. The number of aryl methyl sites for hydroxylation is 1. The van der Waals surface area contributed by atoms with Crippen LogP contribution in [0.3, 0.4) is 0 Å². The minimum Gasteiger partial charge on any atom is -0.493 e. The van der Waals surface area contributed by atoms with Crippen LogP contribution < -0.4 is 25.8 Å². The SMILES string of the molecule is COc1cc(CNCCNC(=O)c2nonc2N)cc(Br)c1OCc1ccccc1C. The normalized spacial score (nSPS) is 10.7. The number of anilines is 1. The molecule has 0 atom stereocenters. The number of hydrogen-bond donors (Lipinski definition) is 3. The van der Waals surface area contributed by atoms with Crippen molar-refractivity contribution in [2.45, 2.75) is 20.1 Å². The molecule has 0 saturated heterocycles. The molecule has 2 aromatic carbocycles. The van der Waals surface area contributed by atoms with Gasteiger partial charge in [-0.2, -0.15) is 0 Å². The van der Waals surface area contributed by atoms with Crippen molar-refractivity contribution in [3.05, 3.63) is 63.3 Å². The van der Waals surface area contributed by atoms with Gasteiger partial charge in [0.1, 0.15) is 6.61 Å². The molecule has 0 bridgehead atoms. The quantitative estimate of drug-likeness (QED) is 0.371. The summed E-state index contributed by atoms with van der Waals surface area (Å²) in [6, 6.07) is 12.0. The van der Waals surface area contributed by atoms with Crippen molar-refractivity contribution in [2.24, 2.45) is 0 Å². The number of carbonyl (C=O) groups is 1. The van der Waals surface area contributed by atoms with Crippen LogP contribution in [0.25, 0.3) is 0 Å². The molecule has 10 heteroatoms. The molecule has 1 amide bonds. The van der Waals surface area contributed by atoms with Gasteiger partial charge in [-0.05, 0) is 62.0 Å². The highest BCUT2D eigenvalue weighted by atomic mass is 79.9. The lowest BCUT2D eigenvalue weighted by Gasteiger charge is -2.15. The van der Waals surface area contributed by atoms with Crippen LogP contribution in [-0.4, -0.2) is 36.4 Å². The Morgan fingerprint density at radius 1 is 1.23 bits per heavy atom. The second kappa shape index (κ2) is 10.8. The highest BCUT2D eigenvalue weighted by Gasteiger charge is 2.15. The van der Waals surface area contributed by atoms with Gasteiger partial charge in [-0.1, -0.05) is 24.3 Å². The third-order valence-corrected chi connectivity index (χ3v) is 5.16. The number of benzene rings is 2. The molecule has 3 rings (SSSR count). The number of nitrogens with zero attached hydrogens (tertiary/aromatic N) is 2. The minimum absolute atomic E-state index is 0.0186. The summed E-state index contributed by atoms with van der Waals surface area (Å²) < 4.78 is 16.8. The Balaban J connectivity index is 1.51. The molecule has 0 aliphatic heterocycles. The number of ether oxygens (including phenoxy) is 2. The average molecular weight is 490 g/mol. The Kier molecular flexibility index (Phi) is 7.85. The fourth-order valence-corrected chi connectivity index (χ4v) is 3.48. The fourth-order valence-electron chi connectivity index (χ4n) is 2.87. The second-order valence-corrected chi connectivity index (χ2v) is 7.61. The van der Waals surface area contributed by atoms with Crippen LogP contribution >= 0.6 is 15.9 Å². The molecule has 31 heavy (non-hydrogen) atoms. The van der Waals surface area contributed by atoms with Crippen LogP contribution in [0, 0.1) is 6.92 Å². The summed E-state index contributed by atoms with van der Waals surface area (Å²) in [6.07, 6.45) is 0. The molecule has 9 nitrogen and oxygen atoms in total. The van der Waals surface area contributed by atoms with Crippen molar-refractivity contribution in [3.8, 4) is 11.5 Å². The van der Waals surface area contributed by atoms with E-state index in [1.54, 1.807) is 7.11 Å². The van der Waals surface area contributed by atoms with Gasteiger partial charge in [-0.15, -0.1) is 0 Å². The average Bonchev–Trinajstić information content (AvgIpc) is 3.19. The molecule has 0 radical (unpaired) electrons. The zero-order chi connectivity index (χ0) is 22.2. The Bertz CT molecular complexity index is 1040. The predicted molar refractivity (Wildman–Crippen MR) is 119 cm³/mol. The third-order valence-electron chi connectivity index (χ3n) is 4.57. The van der Waals surface area contributed by atoms with E-state index in [2.05, 4.69) is 54.5 Å². The van der Waals surface area contributed by atoms with E-state index < -0.39 is 5.91 Å². The van der Waals surface area contributed by atoms with Crippen molar-refractivity contribution in [1.29, 1.82) is 0 Å². The lowest BCUT2D eigenvalue weighted by atomic mass is 10.1. The van der Waals surface area contributed by atoms with Gasteiger partial charge in [0.05, 0.1) is 11.6 Å². The molecular formula is C21H24BrN5O4. The van der Waals surface area contributed by atoms with E-state index in [0.717, 1.165) is 15.6 Å². The number of methoxy groups -OCH3 is 1. The maximum absolute atomic E-state index is 11.9. The summed E-state index contributed by atoms with van der Waals surface area (Å²) in [4.78, 5) is 11.9. The van der Waals surface area contributed by atoms with Crippen molar-refractivity contribution in [1.82, 2.24) is 20.9 Å². The molecule has 0 fully saturated rings. The summed E-state index contributed by atoms with van der Waals surface area (Å²) in [7, 11) is 1.61. The number of nitrogens with one attached hydrogen (secondary N) is 2. The van der Waals surface area contributed by atoms with Crippen molar-refractivity contribution in [2.75, 3.05) is 25.9 Å². The van der Waals surface area contributed by atoms with Crippen LogP contribution in [0.15, 0.2) is 45.5 Å². The number of amides is 1. The van der Waals surface area contributed by atoms with Crippen LogP contribution in [0.5, 0.6) is 11.5 Å². The Labute approximate surface area is 188 Å². The summed E-state index contributed by atoms with van der Waals surface area (Å²) in [5.41, 5.74) is 8.77. The van der Waals surface area contributed by atoms with E-state index in [-0.39, 0.29) is 11.5 Å². The number of hydrogen-bond acceptors (Lipinski definition) is 8. The minimum atomic E-state index is -0.430. The zero-order valence-electron chi connectivity index (χ0n) is 17.3. The molecule has 0 spiro atoms. The maximum Gasteiger partial charge on any atom is 0.277 e. The van der Waals surface area contributed by atoms with E-state index in [4.69, 9.17) is 15.2 Å². The molecule has 0 aliphatic carbocycles. The molecule has 0 aliphatic rings. The number of nitrogen functional groups attached to an aromatic ring is 1. The Morgan fingerprint density at radius 3 is 2.74 bits per heavy atom. The molecule has 0 unspecified atom stereocenters. The number of aromatic nitrogens is 2. The third kappa shape index (κ3) is 5.96. The van der Waals surface area contributed by atoms with Crippen LogP contribution in [0.4, 0.5) is 5.82 Å². The van der Waals surface area contributed by atoms with Gasteiger partial charge in [-0.3, -0.25) is 4.79 Å². The summed E-state index contributed by atoms with van der Waals surface area (Å²) in [5, 5.41) is 12.8. The highest BCUT2D eigenvalue weighted by molar-refractivity contribution is 9.10. The summed E-state index contributed by atoms with van der Waals surface area (Å²) in [6.45, 7) is 4.02. The van der Waals surface area contributed by atoms with Crippen molar-refractivity contribution >= 4 is 27.7 Å². The van der Waals surface area contributed by atoms with Gasteiger partial charge in [0, 0.05) is 19.6 Å². The van der Waals surface area contributed by atoms with Gasteiger partial charge in [0.25, 0.3) is 5.91 Å². The first-order valence-electron chi connectivity index (χ1n) is 9.60. The van der Waals surface area contributed by atoms with E-state index in [0.29, 0.717) is 37.7 Å². The summed E-state index contributed by atoms with van der Waals surface area (Å²) >= 11 is 3.58. The molecule has 1 aromatic heterocycles. The van der Waals surface area contributed by atoms with E-state index in [9.17, 15) is 4.79 Å². The lowest BCUT2D eigenvalue weighted by Crippen LogP contribution is -2.32. The van der Waals surface area contributed by atoms with E-state index >= 15 is 0 Å². The molecule has 164 valence electrons. The predicted octanol–water partition coefficient (Wildman–Crippen LogP) is 2.83. The highest BCUT2D eigenvalue weighted by Crippen LogP contribution is 2.37. The second-order valence-electron chi connectivity index (χ2n) is 6.75. The number of nitrogens with two attached hydrogens (primary N) is 1. The molecular weight excluding hydrogens is 466 g/mol. The van der Waals surface area contributed by atoms with Crippen LogP contribution in [0.2, 0.25) is 0 Å². The van der Waals surface area contributed by atoms with Gasteiger partial charge >= 0.3 is 0 Å². The van der Waals surface area contributed by atoms with Crippen molar-refractivity contribution in [3.63, 3.8) is 0 Å². The van der Waals surface area contributed by atoms with Gasteiger partial charge < -0.3 is 25.8 Å². The zero-order valence-corrected chi connectivity index (χ0v) is 18.9. The first kappa shape index (κ1) is 22.6. The first-order valence-corrected chi connectivity index (χ1v) is 10.4. The first-order chi connectivity index (χ1) is 15.0. The van der Waals surface area contributed by atoms with Gasteiger partial charge in [-0.25, -0.2) is 4.63 Å². The molecule has 0 saturated carbocycles. The Hall–Kier alpha value is -3.11. The molecule has 1 heterocycles. The van der Waals surface area contributed by atoms with E-state index in [1.165, 1.54) is 5.56 Å². The topological polar surface area (TPSA) is 125 Å². The number of halogens is 1. The maximum atomic E-state index is 11.9. The molecule has 3 aromatic rings. The number of rotatable bonds is 10. The van der Waals surface area contributed by atoms with Gasteiger partial charge in [0.2, 0.25) is 11.5 Å².